The topological polar surface area (TPSA) is 40.7 Å². The van der Waals surface area contributed by atoms with Gasteiger partial charge in [0.1, 0.15) is 0 Å². The van der Waals surface area contributed by atoms with Crippen molar-refractivity contribution in [1.29, 1.82) is 0 Å². The lowest BCUT2D eigenvalue weighted by Gasteiger charge is -2.25. The SMILES string of the molecule is Cc1ccc2[nH]c3c(c2c1)CCNC3c1ccnc2ccccc12. The molecule has 1 atom stereocenters. The second kappa shape index (κ2) is 5.18. The molecule has 1 unspecified atom stereocenters. The van der Waals surface area contributed by atoms with Crippen LogP contribution in [0.4, 0.5) is 0 Å². The van der Waals surface area contributed by atoms with Gasteiger partial charge in [-0.2, -0.15) is 0 Å². The van der Waals surface area contributed by atoms with Crippen molar-refractivity contribution in [1.82, 2.24) is 15.3 Å². The molecule has 3 heterocycles. The number of para-hydroxylation sites is 1. The number of pyridine rings is 1. The molecule has 0 saturated carbocycles. The van der Waals surface area contributed by atoms with Gasteiger partial charge in [0.05, 0.1) is 11.6 Å². The molecule has 0 radical (unpaired) electrons. The fraction of sp³-hybridized carbons (Fsp3) is 0.190. The van der Waals surface area contributed by atoms with Crippen LogP contribution in [0.25, 0.3) is 21.8 Å². The van der Waals surface area contributed by atoms with Gasteiger partial charge in [-0.25, -0.2) is 0 Å². The van der Waals surface area contributed by atoms with E-state index in [4.69, 9.17) is 0 Å². The monoisotopic (exact) mass is 313 g/mol. The van der Waals surface area contributed by atoms with Crippen molar-refractivity contribution in [3.05, 3.63) is 77.1 Å². The second-order valence-electron chi connectivity index (χ2n) is 6.62. The van der Waals surface area contributed by atoms with Gasteiger partial charge in [0.2, 0.25) is 0 Å². The molecule has 0 amide bonds. The molecule has 118 valence electrons. The third kappa shape index (κ3) is 1.98. The molecule has 0 spiro atoms. The molecule has 0 fully saturated rings. The van der Waals surface area contributed by atoms with Crippen LogP contribution in [0.2, 0.25) is 0 Å². The van der Waals surface area contributed by atoms with Crippen molar-refractivity contribution in [2.75, 3.05) is 6.54 Å². The van der Waals surface area contributed by atoms with Gasteiger partial charge in [-0.1, -0.05) is 29.8 Å². The maximum atomic E-state index is 4.51. The van der Waals surface area contributed by atoms with Crippen molar-refractivity contribution < 1.29 is 0 Å². The summed E-state index contributed by atoms with van der Waals surface area (Å²) in [5.41, 5.74) is 7.66. The number of nitrogens with zero attached hydrogens (tertiary/aromatic N) is 1. The number of rotatable bonds is 1. The van der Waals surface area contributed by atoms with E-state index >= 15 is 0 Å². The van der Waals surface area contributed by atoms with Gasteiger partial charge in [0.15, 0.2) is 0 Å². The molecule has 0 saturated heterocycles. The fourth-order valence-electron chi connectivity index (χ4n) is 3.98. The molecule has 5 rings (SSSR count). The van der Waals surface area contributed by atoms with E-state index in [1.165, 1.54) is 38.7 Å². The smallest absolute Gasteiger partial charge is 0.0739 e. The number of fused-ring (bicyclic) bond motifs is 4. The van der Waals surface area contributed by atoms with Gasteiger partial charge in [-0.05, 0) is 48.7 Å². The summed E-state index contributed by atoms with van der Waals surface area (Å²) in [7, 11) is 0. The van der Waals surface area contributed by atoms with Crippen molar-refractivity contribution in [3.8, 4) is 0 Å². The maximum absolute atomic E-state index is 4.51. The Balaban J connectivity index is 1.75. The summed E-state index contributed by atoms with van der Waals surface area (Å²) in [5, 5.41) is 6.29. The number of hydrogen-bond acceptors (Lipinski definition) is 2. The van der Waals surface area contributed by atoms with Gasteiger partial charge in [-0.3, -0.25) is 4.98 Å². The summed E-state index contributed by atoms with van der Waals surface area (Å²) in [6, 6.07) is 17.4. The Kier molecular flexibility index (Phi) is 2.97. The molecule has 0 bridgehead atoms. The molecule has 0 aliphatic carbocycles. The Hall–Kier alpha value is -2.65. The lowest BCUT2D eigenvalue weighted by Crippen LogP contribution is -2.30. The van der Waals surface area contributed by atoms with E-state index in [2.05, 4.69) is 64.7 Å². The average molecular weight is 313 g/mol. The Morgan fingerprint density at radius 1 is 1.04 bits per heavy atom. The molecule has 2 aromatic carbocycles. The summed E-state index contributed by atoms with van der Waals surface area (Å²) in [4.78, 5) is 8.18. The van der Waals surface area contributed by atoms with Crippen LogP contribution in [0.1, 0.15) is 28.4 Å². The fourth-order valence-corrected chi connectivity index (χ4v) is 3.98. The molecule has 3 heteroatoms. The van der Waals surface area contributed by atoms with Crippen LogP contribution in [0.3, 0.4) is 0 Å². The van der Waals surface area contributed by atoms with Crippen molar-refractivity contribution in [2.24, 2.45) is 0 Å². The van der Waals surface area contributed by atoms with E-state index in [1.54, 1.807) is 0 Å². The summed E-state index contributed by atoms with van der Waals surface area (Å²) in [6.07, 6.45) is 2.98. The lowest BCUT2D eigenvalue weighted by atomic mass is 9.92. The van der Waals surface area contributed by atoms with Crippen LogP contribution in [0, 0.1) is 6.92 Å². The zero-order valence-electron chi connectivity index (χ0n) is 13.6. The zero-order valence-corrected chi connectivity index (χ0v) is 13.6. The standard InChI is InChI=1S/C21H19N3/c1-13-6-7-19-17(12-13)16-9-11-23-20(21(16)24-19)15-8-10-22-18-5-3-2-4-14(15)18/h2-8,10,12,20,23-24H,9,11H2,1H3. The molecular weight excluding hydrogens is 294 g/mol. The van der Waals surface area contributed by atoms with Gasteiger partial charge in [0.25, 0.3) is 0 Å². The average Bonchev–Trinajstić information content (AvgIpc) is 2.99. The van der Waals surface area contributed by atoms with Gasteiger partial charge >= 0.3 is 0 Å². The van der Waals surface area contributed by atoms with Gasteiger partial charge < -0.3 is 10.3 Å². The highest BCUT2D eigenvalue weighted by Gasteiger charge is 2.26. The molecule has 2 aromatic heterocycles. The minimum atomic E-state index is 0.189. The van der Waals surface area contributed by atoms with E-state index in [-0.39, 0.29) is 6.04 Å². The zero-order chi connectivity index (χ0) is 16.1. The van der Waals surface area contributed by atoms with E-state index < -0.39 is 0 Å². The van der Waals surface area contributed by atoms with Crippen LogP contribution in [-0.4, -0.2) is 16.5 Å². The molecule has 2 N–H and O–H groups in total. The highest BCUT2D eigenvalue weighted by atomic mass is 15.0. The van der Waals surface area contributed by atoms with Crippen molar-refractivity contribution in [3.63, 3.8) is 0 Å². The first kappa shape index (κ1) is 13.8. The predicted octanol–water partition coefficient (Wildman–Crippen LogP) is 4.26. The van der Waals surface area contributed by atoms with Crippen LogP contribution < -0.4 is 5.32 Å². The minimum absolute atomic E-state index is 0.189. The number of hydrogen-bond donors (Lipinski definition) is 2. The minimum Gasteiger partial charge on any atom is -0.357 e. The Bertz CT molecular complexity index is 1060. The number of nitrogens with one attached hydrogen (secondary N) is 2. The summed E-state index contributed by atoms with van der Waals surface area (Å²) >= 11 is 0. The quantitative estimate of drug-likeness (QED) is 0.551. The van der Waals surface area contributed by atoms with Crippen LogP contribution in [0.15, 0.2) is 54.7 Å². The number of aromatic amines is 1. The number of aryl methyl sites for hydroxylation is 1. The first-order chi connectivity index (χ1) is 11.8. The number of aromatic nitrogens is 2. The van der Waals surface area contributed by atoms with E-state index in [9.17, 15) is 0 Å². The molecule has 4 aromatic rings. The third-order valence-corrected chi connectivity index (χ3v) is 5.10. The van der Waals surface area contributed by atoms with E-state index in [0.717, 1.165) is 18.5 Å². The Labute approximate surface area is 140 Å². The molecular formula is C21H19N3. The third-order valence-electron chi connectivity index (χ3n) is 5.10. The lowest BCUT2D eigenvalue weighted by molar-refractivity contribution is 0.563. The first-order valence-corrected chi connectivity index (χ1v) is 8.49. The van der Waals surface area contributed by atoms with E-state index in [1.807, 2.05) is 12.3 Å². The van der Waals surface area contributed by atoms with Gasteiger partial charge in [-0.15, -0.1) is 0 Å². The molecule has 3 nitrogen and oxygen atoms in total. The van der Waals surface area contributed by atoms with E-state index in [0.29, 0.717) is 0 Å². The Morgan fingerprint density at radius 3 is 2.92 bits per heavy atom. The normalized spacial score (nSPS) is 17.3. The molecule has 1 aliphatic rings. The van der Waals surface area contributed by atoms with Crippen molar-refractivity contribution >= 4 is 21.8 Å². The summed E-state index contributed by atoms with van der Waals surface area (Å²) in [6.45, 7) is 3.16. The first-order valence-electron chi connectivity index (χ1n) is 8.49. The second-order valence-corrected chi connectivity index (χ2v) is 6.62. The molecule has 1 aliphatic heterocycles. The van der Waals surface area contributed by atoms with Gasteiger partial charge in [0, 0.05) is 34.7 Å². The largest absolute Gasteiger partial charge is 0.357 e. The van der Waals surface area contributed by atoms with Crippen LogP contribution in [-0.2, 0) is 6.42 Å². The highest BCUT2D eigenvalue weighted by Crippen LogP contribution is 2.35. The van der Waals surface area contributed by atoms with Crippen LogP contribution >= 0.6 is 0 Å². The highest BCUT2D eigenvalue weighted by molar-refractivity contribution is 5.87. The predicted molar refractivity (Wildman–Crippen MR) is 98.3 cm³/mol. The van der Waals surface area contributed by atoms with Crippen molar-refractivity contribution in [2.45, 2.75) is 19.4 Å². The summed E-state index contributed by atoms with van der Waals surface area (Å²) < 4.78 is 0. The maximum Gasteiger partial charge on any atom is 0.0739 e. The molecule has 24 heavy (non-hydrogen) atoms. The van der Waals surface area contributed by atoms with Crippen LogP contribution in [0.5, 0.6) is 0 Å². The Morgan fingerprint density at radius 2 is 1.96 bits per heavy atom. The number of benzene rings is 2. The number of H-pyrrole nitrogens is 1. The summed E-state index contributed by atoms with van der Waals surface area (Å²) in [5.74, 6) is 0.